The Hall–Kier alpha value is -4.33. The Kier molecular flexibility index (Phi) is 6.74. The van der Waals surface area contributed by atoms with E-state index in [1.54, 1.807) is 24.3 Å². The maximum absolute atomic E-state index is 13.4. The zero-order valence-corrected chi connectivity index (χ0v) is 17.2. The second-order valence-electron chi connectivity index (χ2n) is 6.99. The number of nitrogens with one attached hydrogen (secondary N) is 1. The van der Waals surface area contributed by atoms with Crippen molar-refractivity contribution in [2.75, 3.05) is 16.8 Å². The van der Waals surface area contributed by atoms with Crippen LogP contribution >= 0.6 is 0 Å². The molecule has 0 atom stereocenters. The first-order chi connectivity index (χ1) is 15.2. The van der Waals surface area contributed by atoms with Gasteiger partial charge < -0.3 is 11.1 Å². The lowest BCUT2D eigenvalue weighted by Gasteiger charge is -2.22. The number of carbonyl (C=O) groups is 4. The molecule has 8 heteroatoms. The number of Topliss-reactive ketones (excluding diaryl/α,β-unsaturated/α-hetero) is 1. The molecule has 3 amide bonds. The predicted octanol–water partition coefficient (Wildman–Crippen LogP) is 3.41. The number of rotatable bonds is 7. The van der Waals surface area contributed by atoms with Crippen molar-refractivity contribution in [3.63, 3.8) is 0 Å². The van der Waals surface area contributed by atoms with E-state index in [1.165, 1.54) is 60.4 Å². The molecule has 0 bridgehead atoms. The van der Waals surface area contributed by atoms with Crippen LogP contribution in [0.15, 0.2) is 72.8 Å². The van der Waals surface area contributed by atoms with Crippen LogP contribution in [0.3, 0.4) is 0 Å². The molecule has 0 saturated heterocycles. The molecule has 0 aromatic heterocycles. The Morgan fingerprint density at radius 1 is 0.812 bits per heavy atom. The number of ketones is 1. The molecule has 0 aliphatic rings. The number of amides is 3. The number of nitrogens with two attached hydrogens (primary N) is 1. The third-order valence-electron chi connectivity index (χ3n) is 4.68. The fourth-order valence-electron chi connectivity index (χ4n) is 2.97. The minimum absolute atomic E-state index is 0.0988. The lowest BCUT2D eigenvalue weighted by Crippen LogP contribution is -2.38. The number of primary amides is 1. The van der Waals surface area contributed by atoms with Crippen molar-refractivity contribution in [3.05, 3.63) is 95.3 Å². The summed E-state index contributed by atoms with van der Waals surface area (Å²) in [5.74, 6) is -2.23. The molecule has 32 heavy (non-hydrogen) atoms. The highest BCUT2D eigenvalue weighted by Crippen LogP contribution is 2.19. The van der Waals surface area contributed by atoms with Crippen molar-refractivity contribution in [1.29, 1.82) is 0 Å². The van der Waals surface area contributed by atoms with Gasteiger partial charge in [0.2, 0.25) is 11.8 Å². The smallest absolute Gasteiger partial charge is 0.258 e. The third kappa shape index (κ3) is 5.42. The van der Waals surface area contributed by atoms with E-state index >= 15 is 0 Å². The number of nitrogens with zero attached hydrogens (tertiary/aromatic N) is 1. The summed E-state index contributed by atoms with van der Waals surface area (Å²) in [5, 5.41) is 2.67. The average molecular weight is 433 g/mol. The summed E-state index contributed by atoms with van der Waals surface area (Å²) < 4.78 is 13.4. The first-order valence-electron chi connectivity index (χ1n) is 9.63. The zero-order chi connectivity index (χ0) is 23.3. The second-order valence-corrected chi connectivity index (χ2v) is 6.99. The fraction of sp³-hybridized carbons (Fsp3) is 0.0833. The van der Waals surface area contributed by atoms with E-state index < -0.39 is 23.5 Å². The SMILES string of the molecule is CC(=O)c1ccc(NC(=O)CN(C(=O)c2ccc(C(N)=O)cc2)c2ccc(F)cc2)cc1. The van der Waals surface area contributed by atoms with Gasteiger partial charge in [0, 0.05) is 28.1 Å². The average Bonchev–Trinajstić information content (AvgIpc) is 2.78. The van der Waals surface area contributed by atoms with Gasteiger partial charge in [-0.2, -0.15) is 0 Å². The molecular weight excluding hydrogens is 413 g/mol. The molecule has 0 aliphatic carbocycles. The van der Waals surface area contributed by atoms with Crippen molar-refractivity contribution in [3.8, 4) is 0 Å². The molecule has 3 aromatic rings. The van der Waals surface area contributed by atoms with Gasteiger partial charge in [-0.1, -0.05) is 0 Å². The Labute approximate surface area is 183 Å². The normalized spacial score (nSPS) is 10.3. The largest absolute Gasteiger partial charge is 0.366 e. The van der Waals surface area contributed by atoms with E-state index in [-0.39, 0.29) is 23.5 Å². The van der Waals surface area contributed by atoms with E-state index in [0.717, 1.165) is 0 Å². The predicted molar refractivity (Wildman–Crippen MR) is 118 cm³/mol. The van der Waals surface area contributed by atoms with Crippen molar-refractivity contribution in [2.45, 2.75) is 6.92 Å². The van der Waals surface area contributed by atoms with Crippen LogP contribution < -0.4 is 16.0 Å². The van der Waals surface area contributed by atoms with Crippen molar-refractivity contribution < 1.29 is 23.6 Å². The van der Waals surface area contributed by atoms with E-state index in [0.29, 0.717) is 16.9 Å². The van der Waals surface area contributed by atoms with Gasteiger partial charge in [0.15, 0.2) is 5.78 Å². The first kappa shape index (κ1) is 22.4. The van der Waals surface area contributed by atoms with E-state index in [2.05, 4.69) is 5.32 Å². The molecule has 162 valence electrons. The number of halogens is 1. The lowest BCUT2D eigenvalue weighted by molar-refractivity contribution is -0.114. The van der Waals surface area contributed by atoms with Crippen molar-refractivity contribution >= 4 is 34.9 Å². The topological polar surface area (TPSA) is 110 Å². The summed E-state index contributed by atoms with van der Waals surface area (Å²) in [4.78, 5) is 49.6. The van der Waals surface area contributed by atoms with Crippen LogP contribution in [-0.2, 0) is 4.79 Å². The van der Waals surface area contributed by atoms with Crippen LogP contribution in [0.1, 0.15) is 38.0 Å². The third-order valence-corrected chi connectivity index (χ3v) is 4.68. The Morgan fingerprint density at radius 2 is 1.34 bits per heavy atom. The second kappa shape index (κ2) is 9.65. The highest BCUT2D eigenvalue weighted by atomic mass is 19.1. The van der Waals surface area contributed by atoms with Crippen LogP contribution in [-0.4, -0.2) is 30.0 Å². The van der Waals surface area contributed by atoms with Crippen LogP contribution in [0.4, 0.5) is 15.8 Å². The highest BCUT2D eigenvalue weighted by Gasteiger charge is 2.21. The fourth-order valence-corrected chi connectivity index (χ4v) is 2.97. The summed E-state index contributed by atoms with van der Waals surface area (Å²) in [6.45, 7) is 1.09. The summed E-state index contributed by atoms with van der Waals surface area (Å²) >= 11 is 0. The minimum Gasteiger partial charge on any atom is -0.366 e. The van der Waals surface area contributed by atoms with Gasteiger partial charge in [0.1, 0.15) is 12.4 Å². The Bertz CT molecular complexity index is 1160. The van der Waals surface area contributed by atoms with Crippen LogP contribution in [0.5, 0.6) is 0 Å². The van der Waals surface area contributed by atoms with Crippen LogP contribution in [0.25, 0.3) is 0 Å². The Morgan fingerprint density at radius 3 is 1.88 bits per heavy atom. The Balaban J connectivity index is 1.83. The molecule has 0 aliphatic heterocycles. The molecule has 3 N–H and O–H groups in total. The molecule has 0 heterocycles. The zero-order valence-electron chi connectivity index (χ0n) is 17.2. The number of benzene rings is 3. The summed E-state index contributed by atoms with van der Waals surface area (Å²) in [6.07, 6.45) is 0. The molecule has 3 rings (SSSR count). The minimum atomic E-state index is -0.630. The maximum atomic E-state index is 13.4. The molecule has 0 saturated carbocycles. The van der Waals surface area contributed by atoms with Gasteiger partial charge in [-0.3, -0.25) is 24.1 Å². The quantitative estimate of drug-likeness (QED) is 0.557. The maximum Gasteiger partial charge on any atom is 0.258 e. The standard InChI is InChI=1S/C24H20FN3O4/c1-15(29)16-6-10-20(11-7-16)27-22(30)14-28(21-12-8-19(25)9-13-21)24(32)18-4-2-17(3-5-18)23(26)31/h2-13H,14H2,1H3,(H2,26,31)(H,27,30). The van der Waals surface area contributed by atoms with Crippen LogP contribution in [0, 0.1) is 5.82 Å². The molecule has 0 spiro atoms. The molecule has 0 unspecified atom stereocenters. The van der Waals surface area contributed by atoms with Gasteiger partial charge in [-0.05, 0) is 79.7 Å². The summed E-state index contributed by atoms with van der Waals surface area (Å²) in [7, 11) is 0. The van der Waals surface area contributed by atoms with E-state index in [4.69, 9.17) is 5.73 Å². The number of anilines is 2. The van der Waals surface area contributed by atoms with Gasteiger partial charge >= 0.3 is 0 Å². The molecule has 0 fully saturated rings. The molecule has 7 nitrogen and oxygen atoms in total. The number of hydrogen-bond donors (Lipinski definition) is 2. The summed E-state index contributed by atoms with van der Waals surface area (Å²) in [6, 6.07) is 17.2. The molecule has 0 radical (unpaired) electrons. The molecule has 3 aromatic carbocycles. The van der Waals surface area contributed by atoms with Gasteiger partial charge in [0.05, 0.1) is 0 Å². The van der Waals surface area contributed by atoms with Crippen molar-refractivity contribution in [1.82, 2.24) is 0 Å². The van der Waals surface area contributed by atoms with Crippen molar-refractivity contribution in [2.24, 2.45) is 5.73 Å². The van der Waals surface area contributed by atoms with E-state index in [9.17, 15) is 23.6 Å². The highest BCUT2D eigenvalue weighted by molar-refractivity contribution is 6.10. The number of carbonyl (C=O) groups excluding carboxylic acids is 4. The lowest BCUT2D eigenvalue weighted by atomic mass is 10.1. The molecular formula is C24H20FN3O4. The summed E-state index contributed by atoms with van der Waals surface area (Å²) in [5.41, 5.74) is 6.96. The van der Waals surface area contributed by atoms with Gasteiger partial charge in [0.25, 0.3) is 5.91 Å². The van der Waals surface area contributed by atoms with Crippen LogP contribution in [0.2, 0.25) is 0 Å². The first-order valence-corrected chi connectivity index (χ1v) is 9.63. The van der Waals surface area contributed by atoms with E-state index in [1.807, 2.05) is 0 Å². The van der Waals surface area contributed by atoms with Gasteiger partial charge in [-0.25, -0.2) is 4.39 Å². The van der Waals surface area contributed by atoms with Gasteiger partial charge in [-0.15, -0.1) is 0 Å². The monoisotopic (exact) mass is 433 g/mol. The number of hydrogen-bond acceptors (Lipinski definition) is 4.